The van der Waals surface area contributed by atoms with Crippen LogP contribution in [0.15, 0.2) is 24.3 Å². The van der Waals surface area contributed by atoms with Crippen LogP contribution in [0.25, 0.3) is 0 Å². The summed E-state index contributed by atoms with van der Waals surface area (Å²) in [5, 5.41) is 0. The van der Waals surface area contributed by atoms with Gasteiger partial charge in [-0.3, -0.25) is 9.59 Å². The molecule has 0 unspecified atom stereocenters. The summed E-state index contributed by atoms with van der Waals surface area (Å²) in [7, 11) is 0. The number of unbranched alkanes of at least 4 members (excludes halogenated alkanes) is 10. The lowest BCUT2D eigenvalue weighted by Crippen LogP contribution is -2.30. The van der Waals surface area contributed by atoms with Gasteiger partial charge < -0.3 is 0 Å². The molecule has 0 aliphatic carbocycles. The lowest BCUT2D eigenvalue weighted by Gasteiger charge is -2.24. The van der Waals surface area contributed by atoms with Crippen LogP contribution >= 0.6 is 12.1 Å². The molecule has 5 heteroatoms. The lowest BCUT2D eigenvalue weighted by atomic mass is 10.1. The van der Waals surface area contributed by atoms with Gasteiger partial charge in [0.25, 0.3) is 11.8 Å². The summed E-state index contributed by atoms with van der Waals surface area (Å²) in [4.78, 5) is 25.4. The summed E-state index contributed by atoms with van der Waals surface area (Å²) in [6, 6.07) is 7.15. The fourth-order valence-corrected chi connectivity index (χ4v) is 4.68. The summed E-state index contributed by atoms with van der Waals surface area (Å²) in [5.74, 6) is -0.349. The predicted molar refractivity (Wildman–Crippen MR) is 123 cm³/mol. The van der Waals surface area contributed by atoms with Crippen molar-refractivity contribution in [2.45, 2.75) is 90.9 Å². The van der Waals surface area contributed by atoms with Crippen LogP contribution in [0.3, 0.4) is 0 Å². The second-order valence-corrected chi connectivity index (χ2v) is 9.04. The third-order valence-corrected chi connectivity index (χ3v) is 6.57. The first-order valence-corrected chi connectivity index (χ1v) is 12.3. The van der Waals surface area contributed by atoms with E-state index >= 15 is 0 Å². The Kier molecular flexibility index (Phi) is 11.4. The van der Waals surface area contributed by atoms with E-state index in [9.17, 15) is 9.59 Å². The maximum absolute atomic E-state index is 12.7. The molecule has 0 saturated heterocycles. The molecule has 0 spiro atoms. The summed E-state index contributed by atoms with van der Waals surface area (Å²) in [6.45, 7) is 6.33. The first-order valence-electron chi connectivity index (χ1n) is 11.6. The van der Waals surface area contributed by atoms with Crippen molar-refractivity contribution < 1.29 is 9.59 Å². The minimum absolute atomic E-state index is 0.175. The molecule has 0 atom stereocenters. The Labute approximate surface area is 181 Å². The number of fused-ring (bicyclic) bond motifs is 1. The molecule has 0 aromatic heterocycles. The molecule has 1 aromatic carbocycles. The fraction of sp³-hybridized carbons (Fsp3) is 0.667. The highest BCUT2D eigenvalue weighted by atomic mass is 32.2. The zero-order valence-electron chi connectivity index (χ0n) is 18.3. The van der Waals surface area contributed by atoms with Crippen LogP contribution in [0, 0.1) is 0 Å². The van der Waals surface area contributed by atoms with Crippen molar-refractivity contribution in [1.29, 1.82) is 0 Å². The Morgan fingerprint density at radius 2 is 1.10 bits per heavy atom. The SMILES string of the molecule is CCCCCCCCN(CCCCCCCC)SN1C(=O)c2ccccc2C1=O. The van der Waals surface area contributed by atoms with Gasteiger partial charge in [-0.25, -0.2) is 8.61 Å². The van der Waals surface area contributed by atoms with Crippen LogP contribution in [-0.2, 0) is 0 Å². The second-order valence-electron chi connectivity index (χ2n) is 8.00. The summed E-state index contributed by atoms with van der Waals surface area (Å²) in [5.41, 5.74) is 1.06. The van der Waals surface area contributed by atoms with Crippen molar-refractivity contribution in [3.63, 3.8) is 0 Å². The predicted octanol–water partition coefficient (Wildman–Crippen LogP) is 6.87. The van der Waals surface area contributed by atoms with E-state index in [0.29, 0.717) is 11.1 Å². The van der Waals surface area contributed by atoms with Gasteiger partial charge in [-0.15, -0.1) is 0 Å². The van der Waals surface area contributed by atoms with E-state index in [4.69, 9.17) is 0 Å². The molecule has 162 valence electrons. The molecule has 0 fully saturated rings. The van der Waals surface area contributed by atoms with Crippen molar-refractivity contribution in [3.05, 3.63) is 35.4 Å². The first-order chi connectivity index (χ1) is 14.2. The molecule has 4 nitrogen and oxygen atoms in total. The summed E-state index contributed by atoms with van der Waals surface area (Å²) in [6.07, 6.45) is 15.0. The van der Waals surface area contributed by atoms with Crippen LogP contribution in [0.5, 0.6) is 0 Å². The highest BCUT2D eigenvalue weighted by Crippen LogP contribution is 2.30. The van der Waals surface area contributed by atoms with Crippen molar-refractivity contribution in [3.8, 4) is 0 Å². The number of benzene rings is 1. The van der Waals surface area contributed by atoms with Gasteiger partial charge in [0.05, 0.1) is 23.3 Å². The Bertz CT molecular complexity index is 584. The molecule has 1 heterocycles. The van der Waals surface area contributed by atoms with Crippen molar-refractivity contribution >= 4 is 23.9 Å². The molecule has 0 radical (unpaired) electrons. The van der Waals surface area contributed by atoms with E-state index in [1.54, 1.807) is 12.1 Å². The molecule has 2 rings (SSSR count). The van der Waals surface area contributed by atoms with Gasteiger partial charge in [-0.05, 0) is 25.0 Å². The van der Waals surface area contributed by atoms with Gasteiger partial charge in [0, 0.05) is 13.1 Å². The normalized spacial score (nSPS) is 13.6. The van der Waals surface area contributed by atoms with Crippen molar-refractivity contribution in [2.75, 3.05) is 13.1 Å². The highest BCUT2D eigenvalue weighted by Gasteiger charge is 2.37. The van der Waals surface area contributed by atoms with Crippen LogP contribution < -0.4 is 0 Å². The van der Waals surface area contributed by atoms with E-state index in [-0.39, 0.29) is 11.8 Å². The Hall–Kier alpha value is -1.33. The molecular formula is C24H38N2O2S. The minimum Gasteiger partial charge on any atom is -0.268 e. The van der Waals surface area contributed by atoms with Crippen LogP contribution in [-0.4, -0.2) is 33.5 Å². The van der Waals surface area contributed by atoms with Gasteiger partial charge >= 0.3 is 0 Å². The molecule has 1 aliphatic heterocycles. The zero-order chi connectivity index (χ0) is 20.9. The molecule has 2 amide bonds. The summed E-state index contributed by atoms with van der Waals surface area (Å²) >= 11 is 1.33. The molecule has 1 aromatic rings. The topological polar surface area (TPSA) is 40.6 Å². The van der Waals surface area contributed by atoms with E-state index in [1.807, 2.05) is 12.1 Å². The van der Waals surface area contributed by atoms with Gasteiger partial charge in [-0.2, -0.15) is 0 Å². The van der Waals surface area contributed by atoms with Crippen LogP contribution in [0.1, 0.15) is 112 Å². The highest BCUT2D eigenvalue weighted by molar-refractivity contribution is 7.95. The second kappa shape index (κ2) is 13.8. The standard InChI is InChI=1S/C24H38N2O2S/c1-3-5-7-9-11-15-19-25(20-16-12-10-8-6-4-2)29-26-23(27)21-17-13-14-18-22(21)24(26)28/h13-14,17-18H,3-12,15-16,19-20H2,1-2H3. The largest absolute Gasteiger partial charge is 0.272 e. The Balaban J connectivity index is 1.85. The van der Waals surface area contributed by atoms with Gasteiger partial charge in [0.15, 0.2) is 0 Å². The maximum atomic E-state index is 12.7. The molecule has 0 saturated carbocycles. The Morgan fingerprint density at radius 3 is 1.55 bits per heavy atom. The van der Waals surface area contributed by atoms with Gasteiger partial charge in [0.2, 0.25) is 0 Å². The van der Waals surface area contributed by atoms with Crippen molar-refractivity contribution in [2.24, 2.45) is 0 Å². The number of hydrogen-bond acceptors (Lipinski definition) is 4. The molecular weight excluding hydrogens is 380 g/mol. The lowest BCUT2D eigenvalue weighted by molar-refractivity contribution is 0.0772. The molecule has 29 heavy (non-hydrogen) atoms. The number of hydrogen-bond donors (Lipinski definition) is 0. The number of imide groups is 1. The number of rotatable bonds is 16. The average Bonchev–Trinajstić information content (AvgIpc) is 2.97. The van der Waals surface area contributed by atoms with E-state index in [1.165, 1.54) is 80.6 Å². The van der Waals surface area contributed by atoms with E-state index < -0.39 is 0 Å². The number of carbonyl (C=O) groups is 2. The van der Waals surface area contributed by atoms with Crippen LogP contribution in [0.2, 0.25) is 0 Å². The average molecular weight is 419 g/mol. The quantitative estimate of drug-likeness (QED) is 0.167. The smallest absolute Gasteiger partial charge is 0.268 e. The number of carbonyl (C=O) groups excluding carboxylic acids is 2. The minimum atomic E-state index is -0.175. The van der Waals surface area contributed by atoms with E-state index in [0.717, 1.165) is 25.9 Å². The van der Waals surface area contributed by atoms with Crippen LogP contribution in [0.4, 0.5) is 0 Å². The van der Waals surface area contributed by atoms with E-state index in [2.05, 4.69) is 18.2 Å². The van der Waals surface area contributed by atoms with Crippen molar-refractivity contribution in [1.82, 2.24) is 8.61 Å². The summed E-state index contributed by atoms with van der Waals surface area (Å²) < 4.78 is 3.60. The third-order valence-electron chi connectivity index (χ3n) is 5.48. The molecule has 0 bridgehead atoms. The number of amides is 2. The monoisotopic (exact) mass is 418 g/mol. The molecule has 0 N–H and O–H groups in total. The molecule has 1 aliphatic rings. The maximum Gasteiger partial charge on any atom is 0.272 e. The fourth-order valence-electron chi connectivity index (χ4n) is 3.69. The van der Waals surface area contributed by atoms with Gasteiger partial charge in [0.1, 0.15) is 0 Å². The number of nitrogens with zero attached hydrogens (tertiary/aromatic N) is 2. The third kappa shape index (κ3) is 7.78. The first kappa shape index (κ1) is 23.9. The zero-order valence-corrected chi connectivity index (χ0v) is 19.1. The Morgan fingerprint density at radius 1 is 0.690 bits per heavy atom. The van der Waals surface area contributed by atoms with Gasteiger partial charge in [-0.1, -0.05) is 90.2 Å².